The van der Waals surface area contributed by atoms with Crippen LogP contribution in [0.4, 0.5) is 11.4 Å². The van der Waals surface area contributed by atoms with E-state index in [1.807, 2.05) is 0 Å². The van der Waals surface area contributed by atoms with Crippen molar-refractivity contribution in [1.29, 1.82) is 0 Å². The molecule has 0 spiro atoms. The second-order valence-electron chi connectivity index (χ2n) is 9.12. The van der Waals surface area contributed by atoms with Gasteiger partial charge in [0.25, 0.3) is 21.8 Å². The Morgan fingerprint density at radius 1 is 0.818 bits per heavy atom. The van der Waals surface area contributed by atoms with Crippen molar-refractivity contribution in [2.24, 2.45) is 5.10 Å². The molecule has 0 saturated carbocycles. The molecule has 0 unspecified atom stereocenters. The predicted octanol–water partition coefficient (Wildman–Crippen LogP) is 4.46. The van der Waals surface area contributed by atoms with Crippen molar-refractivity contribution in [3.8, 4) is 17.2 Å². The average Bonchev–Trinajstić information content (AvgIpc) is 3.04. The lowest BCUT2D eigenvalue weighted by Crippen LogP contribution is -2.39. The molecule has 4 aromatic carbocycles. The summed E-state index contributed by atoms with van der Waals surface area (Å²) >= 11 is 0. The summed E-state index contributed by atoms with van der Waals surface area (Å²) in [7, 11) is -2.59. The molecule has 11 nitrogen and oxygen atoms in total. The number of amides is 2. The number of hydrogen-bond donors (Lipinski definition) is 2. The Bertz CT molecular complexity index is 1700. The third-order valence-corrected chi connectivity index (χ3v) is 7.86. The predicted molar refractivity (Wildman–Crippen MR) is 168 cm³/mol. The molecule has 4 rings (SSSR count). The molecule has 0 aliphatic rings. The van der Waals surface area contributed by atoms with Gasteiger partial charge in [-0.05, 0) is 73.2 Å². The van der Waals surface area contributed by atoms with Gasteiger partial charge in [0.2, 0.25) is 0 Å². The highest BCUT2D eigenvalue weighted by Gasteiger charge is 2.29. The number of sulfonamides is 1. The Balaban J connectivity index is 1.37. The van der Waals surface area contributed by atoms with Gasteiger partial charge in [0.1, 0.15) is 23.8 Å². The van der Waals surface area contributed by atoms with Crippen LogP contribution < -0.4 is 29.3 Å². The minimum atomic E-state index is -4.11. The Hall–Kier alpha value is -5.36. The average molecular weight is 617 g/mol. The number of methoxy groups -OCH3 is 1. The van der Waals surface area contributed by atoms with Crippen LogP contribution in [-0.4, -0.2) is 53.3 Å². The van der Waals surface area contributed by atoms with Crippen LogP contribution in [-0.2, 0) is 19.6 Å². The SMILES string of the molecule is CCOc1ccccc1N(CC(=O)N/N=C\c1ccc(OCC(=O)Nc2ccccc2OC)cc1)S(=O)(=O)c1ccccc1. The molecule has 228 valence electrons. The summed E-state index contributed by atoms with van der Waals surface area (Å²) in [6, 6.07) is 28.2. The Morgan fingerprint density at radius 3 is 2.18 bits per heavy atom. The molecule has 44 heavy (non-hydrogen) atoms. The molecule has 0 aromatic heterocycles. The zero-order valence-electron chi connectivity index (χ0n) is 24.2. The van der Waals surface area contributed by atoms with E-state index in [4.69, 9.17) is 14.2 Å². The Morgan fingerprint density at radius 2 is 1.48 bits per heavy atom. The highest BCUT2D eigenvalue weighted by molar-refractivity contribution is 7.92. The molecule has 0 aliphatic carbocycles. The van der Waals surface area contributed by atoms with Crippen LogP contribution in [0.5, 0.6) is 17.2 Å². The van der Waals surface area contributed by atoms with Crippen LogP contribution in [0.3, 0.4) is 0 Å². The maximum Gasteiger partial charge on any atom is 0.264 e. The minimum absolute atomic E-state index is 0.0298. The normalized spacial score (nSPS) is 11.0. The topological polar surface area (TPSA) is 136 Å². The van der Waals surface area contributed by atoms with Crippen LogP contribution >= 0.6 is 0 Å². The van der Waals surface area contributed by atoms with Gasteiger partial charge in [-0.25, -0.2) is 13.8 Å². The van der Waals surface area contributed by atoms with Crippen molar-refractivity contribution in [3.05, 3.63) is 109 Å². The van der Waals surface area contributed by atoms with Gasteiger partial charge in [-0.15, -0.1) is 0 Å². The molecule has 4 aromatic rings. The van der Waals surface area contributed by atoms with Crippen LogP contribution in [0.2, 0.25) is 0 Å². The maximum absolute atomic E-state index is 13.6. The van der Waals surface area contributed by atoms with E-state index in [1.165, 1.54) is 25.5 Å². The van der Waals surface area contributed by atoms with Gasteiger partial charge >= 0.3 is 0 Å². The molecule has 0 fully saturated rings. The largest absolute Gasteiger partial charge is 0.495 e. The maximum atomic E-state index is 13.6. The summed E-state index contributed by atoms with van der Waals surface area (Å²) in [6.07, 6.45) is 1.40. The van der Waals surface area contributed by atoms with Crippen LogP contribution in [0.1, 0.15) is 12.5 Å². The minimum Gasteiger partial charge on any atom is -0.495 e. The standard InChI is InChI=1S/C32H32N4O7S/c1-3-42-30-16-10-8-14-28(30)36(44(39,40)26-11-5-4-6-12-26)22-31(37)35-33-21-24-17-19-25(20-18-24)43-23-32(38)34-27-13-7-9-15-29(27)41-2/h4-21H,3,22-23H2,1-2H3,(H,34,38)(H,35,37)/b33-21-. The summed E-state index contributed by atoms with van der Waals surface area (Å²) in [5, 5.41) is 6.71. The van der Waals surface area contributed by atoms with Crippen molar-refractivity contribution in [2.75, 3.05) is 36.5 Å². The first-order valence-corrected chi connectivity index (χ1v) is 15.0. The van der Waals surface area contributed by atoms with E-state index in [9.17, 15) is 18.0 Å². The third kappa shape index (κ3) is 8.35. The number of carbonyl (C=O) groups is 2. The highest BCUT2D eigenvalue weighted by atomic mass is 32.2. The van der Waals surface area contributed by atoms with E-state index in [0.29, 0.717) is 35.1 Å². The van der Waals surface area contributed by atoms with Crippen molar-refractivity contribution >= 4 is 39.4 Å². The number of hydrazone groups is 1. The van der Waals surface area contributed by atoms with E-state index in [1.54, 1.807) is 97.9 Å². The Kier molecular flexibility index (Phi) is 10.9. The second-order valence-corrected chi connectivity index (χ2v) is 11.0. The van der Waals surface area contributed by atoms with Crippen LogP contribution in [0.25, 0.3) is 0 Å². The molecule has 12 heteroatoms. The summed E-state index contributed by atoms with van der Waals surface area (Å²) in [6.45, 7) is 1.35. The molecular weight excluding hydrogens is 584 g/mol. The molecule has 0 heterocycles. The summed E-state index contributed by atoms with van der Waals surface area (Å²) in [5.41, 5.74) is 3.78. The van der Waals surface area contributed by atoms with Gasteiger partial charge < -0.3 is 19.5 Å². The van der Waals surface area contributed by atoms with Crippen molar-refractivity contribution < 1.29 is 32.2 Å². The smallest absolute Gasteiger partial charge is 0.264 e. The van der Waals surface area contributed by atoms with Crippen molar-refractivity contribution in [3.63, 3.8) is 0 Å². The first-order chi connectivity index (χ1) is 21.3. The molecule has 0 atom stereocenters. The number of rotatable bonds is 14. The fourth-order valence-corrected chi connectivity index (χ4v) is 5.49. The van der Waals surface area contributed by atoms with Gasteiger partial charge in [-0.3, -0.25) is 13.9 Å². The fourth-order valence-electron chi connectivity index (χ4n) is 4.04. The molecule has 0 radical (unpaired) electrons. The van der Waals surface area contributed by atoms with E-state index < -0.39 is 22.5 Å². The number of para-hydroxylation sites is 4. The van der Waals surface area contributed by atoms with Crippen molar-refractivity contribution in [1.82, 2.24) is 5.43 Å². The van der Waals surface area contributed by atoms with Crippen LogP contribution in [0.15, 0.2) is 113 Å². The van der Waals surface area contributed by atoms with Gasteiger partial charge in [0.15, 0.2) is 6.61 Å². The van der Waals surface area contributed by atoms with E-state index in [2.05, 4.69) is 15.8 Å². The summed E-state index contributed by atoms with van der Waals surface area (Å²) < 4.78 is 44.6. The number of hydrogen-bond acceptors (Lipinski definition) is 8. The van der Waals surface area contributed by atoms with Gasteiger partial charge in [-0.1, -0.05) is 42.5 Å². The molecule has 0 saturated heterocycles. The Labute approximate surface area is 256 Å². The zero-order chi connectivity index (χ0) is 31.4. The number of anilines is 2. The number of benzene rings is 4. The molecule has 2 amide bonds. The molecule has 0 bridgehead atoms. The highest BCUT2D eigenvalue weighted by Crippen LogP contribution is 2.32. The van der Waals surface area contributed by atoms with Crippen molar-refractivity contribution in [2.45, 2.75) is 11.8 Å². The first-order valence-electron chi connectivity index (χ1n) is 13.6. The zero-order valence-corrected chi connectivity index (χ0v) is 25.0. The summed E-state index contributed by atoms with van der Waals surface area (Å²) in [5.74, 6) is 0.307. The second kappa shape index (κ2) is 15.2. The van der Waals surface area contributed by atoms with E-state index in [0.717, 1.165) is 4.31 Å². The lowest BCUT2D eigenvalue weighted by atomic mass is 10.2. The van der Waals surface area contributed by atoms with Gasteiger partial charge in [0, 0.05) is 0 Å². The summed E-state index contributed by atoms with van der Waals surface area (Å²) in [4.78, 5) is 25.2. The molecule has 2 N–H and O–H groups in total. The fraction of sp³-hybridized carbons (Fsp3) is 0.156. The molecule has 0 aliphatic heterocycles. The quantitative estimate of drug-likeness (QED) is 0.158. The lowest BCUT2D eigenvalue weighted by Gasteiger charge is -2.25. The van der Waals surface area contributed by atoms with E-state index >= 15 is 0 Å². The number of nitrogens with zero attached hydrogens (tertiary/aromatic N) is 2. The van der Waals surface area contributed by atoms with Gasteiger partial charge in [0.05, 0.1) is 36.2 Å². The number of nitrogens with one attached hydrogen (secondary N) is 2. The third-order valence-electron chi connectivity index (χ3n) is 6.09. The van der Waals surface area contributed by atoms with E-state index in [-0.39, 0.29) is 23.1 Å². The first kappa shape index (κ1) is 31.6. The number of carbonyl (C=O) groups excluding carboxylic acids is 2. The van der Waals surface area contributed by atoms with Crippen LogP contribution in [0, 0.1) is 0 Å². The monoisotopic (exact) mass is 616 g/mol. The van der Waals surface area contributed by atoms with Gasteiger partial charge in [-0.2, -0.15) is 5.10 Å². The number of ether oxygens (including phenoxy) is 3. The lowest BCUT2D eigenvalue weighted by molar-refractivity contribution is -0.119. The molecular formula is C32H32N4O7S.